The molecule has 1 aromatic heterocycles. The molecule has 3 rings (SSSR count). The maximum absolute atomic E-state index is 12.0. The minimum absolute atomic E-state index is 0.0903. The number of rotatable bonds is 5. The van der Waals surface area contributed by atoms with Crippen molar-refractivity contribution in [2.24, 2.45) is 0 Å². The number of para-hydroxylation sites is 1. The van der Waals surface area contributed by atoms with E-state index in [1.54, 1.807) is 6.07 Å². The summed E-state index contributed by atoms with van der Waals surface area (Å²) in [7, 11) is 0. The van der Waals surface area contributed by atoms with Crippen LogP contribution in [0.1, 0.15) is 38.5 Å². The predicted octanol–water partition coefficient (Wildman–Crippen LogP) is 2.85. The zero-order valence-electron chi connectivity index (χ0n) is 13.0. The summed E-state index contributed by atoms with van der Waals surface area (Å²) in [5, 5.41) is 4.26. The predicted molar refractivity (Wildman–Crippen MR) is 92.7 cm³/mol. The molecule has 0 saturated heterocycles. The number of fused-ring (bicyclic) bond motifs is 1. The van der Waals surface area contributed by atoms with E-state index >= 15 is 0 Å². The Morgan fingerprint density at radius 1 is 1.26 bits per heavy atom. The fourth-order valence-electron chi connectivity index (χ4n) is 2.92. The maximum Gasteiger partial charge on any atom is 0.259 e. The Morgan fingerprint density at radius 2 is 2.04 bits per heavy atom. The average Bonchev–Trinajstić information content (AvgIpc) is 2.56. The molecule has 0 radical (unpaired) electrons. The molecule has 2 N–H and O–H groups in total. The lowest BCUT2D eigenvalue weighted by Crippen LogP contribution is -2.36. The van der Waals surface area contributed by atoms with Crippen LogP contribution in [0.4, 0.5) is 0 Å². The molecule has 122 valence electrons. The lowest BCUT2D eigenvalue weighted by molar-refractivity contribution is -0.121. The van der Waals surface area contributed by atoms with Crippen LogP contribution in [0.15, 0.2) is 34.2 Å². The molecule has 0 atom stereocenters. The molecule has 23 heavy (non-hydrogen) atoms. The number of aromatic nitrogens is 2. The summed E-state index contributed by atoms with van der Waals surface area (Å²) in [5.41, 5.74) is 0.551. The first-order valence-corrected chi connectivity index (χ1v) is 9.12. The van der Waals surface area contributed by atoms with Gasteiger partial charge in [0.15, 0.2) is 5.16 Å². The van der Waals surface area contributed by atoms with Gasteiger partial charge in [0.2, 0.25) is 5.91 Å². The Balaban J connectivity index is 1.52. The van der Waals surface area contributed by atoms with E-state index in [1.807, 2.05) is 18.2 Å². The summed E-state index contributed by atoms with van der Waals surface area (Å²) >= 11 is 1.41. The highest BCUT2D eigenvalue weighted by atomic mass is 32.2. The van der Waals surface area contributed by atoms with Crippen molar-refractivity contribution in [2.75, 3.05) is 5.75 Å². The van der Waals surface area contributed by atoms with Crippen molar-refractivity contribution in [3.63, 3.8) is 0 Å². The summed E-state index contributed by atoms with van der Waals surface area (Å²) < 4.78 is 0. The largest absolute Gasteiger partial charge is 0.353 e. The van der Waals surface area contributed by atoms with Gasteiger partial charge in [-0.2, -0.15) is 0 Å². The van der Waals surface area contributed by atoms with Gasteiger partial charge in [0, 0.05) is 18.2 Å². The Labute approximate surface area is 139 Å². The van der Waals surface area contributed by atoms with Crippen LogP contribution in [-0.4, -0.2) is 27.7 Å². The summed E-state index contributed by atoms with van der Waals surface area (Å²) in [5.74, 6) is 0.701. The standard InChI is InChI=1S/C17H21N3O2S/c21-15(18-12-6-2-1-3-7-12)10-11-23-17-19-14-9-5-4-8-13(14)16(22)20-17/h4-5,8-9,12H,1-3,6-7,10-11H2,(H,18,21)(H,19,20,22). The number of nitrogens with zero attached hydrogens (tertiary/aromatic N) is 1. The number of nitrogens with one attached hydrogen (secondary N) is 2. The van der Waals surface area contributed by atoms with Gasteiger partial charge in [-0.1, -0.05) is 43.2 Å². The third-order valence-electron chi connectivity index (χ3n) is 4.13. The first kappa shape index (κ1) is 16.1. The molecular formula is C17H21N3O2S. The molecule has 2 aromatic rings. The van der Waals surface area contributed by atoms with Crippen LogP contribution >= 0.6 is 11.8 Å². The topological polar surface area (TPSA) is 74.8 Å². The summed E-state index contributed by atoms with van der Waals surface area (Å²) in [4.78, 5) is 31.1. The fraction of sp³-hybridized carbons (Fsp3) is 0.471. The van der Waals surface area contributed by atoms with Gasteiger partial charge in [0.25, 0.3) is 5.56 Å². The average molecular weight is 331 g/mol. The fourth-order valence-corrected chi connectivity index (χ4v) is 3.73. The van der Waals surface area contributed by atoms with Gasteiger partial charge < -0.3 is 10.3 Å². The van der Waals surface area contributed by atoms with E-state index < -0.39 is 0 Å². The monoisotopic (exact) mass is 331 g/mol. The zero-order chi connectivity index (χ0) is 16.1. The molecular weight excluding hydrogens is 310 g/mol. The molecule has 5 nitrogen and oxygen atoms in total. The van der Waals surface area contributed by atoms with Crippen molar-refractivity contribution >= 4 is 28.6 Å². The molecule has 0 bridgehead atoms. The smallest absolute Gasteiger partial charge is 0.259 e. The molecule has 0 unspecified atom stereocenters. The van der Waals surface area contributed by atoms with Crippen LogP contribution < -0.4 is 10.9 Å². The minimum atomic E-state index is -0.134. The molecule has 1 aromatic carbocycles. The summed E-state index contributed by atoms with van der Waals surface area (Å²) in [6, 6.07) is 7.61. The van der Waals surface area contributed by atoms with E-state index in [1.165, 1.54) is 31.0 Å². The number of aromatic amines is 1. The van der Waals surface area contributed by atoms with E-state index in [9.17, 15) is 9.59 Å². The number of H-pyrrole nitrogens is 1. The molecule has 1 aliphatic carbocycles. The second-order valence-electron chi connectivity index (χ2n) is 5.89. The van der Waals surface area contributed by atoms with Gasteiger partial charge in [-0.3, -0.25) is 9.59 Å². The number of carbonyl (C=O) groups is 1. The van der Waals surface area contributed by atoms with Crippen LogP contribution in [0.2, 0.25) is 0 Å². The Kier molecular flexibility index (Phi) is 5.33. The first-order valence-electron chi connectivity index (χ1n) is 8.13. The van der Waals surface area contributed by atoms with Crippen molar-refractivity contribution in [3.8, 4) is 0 Å². The Hall–Kier alpha value is -1.82. The van der Waals surface area contributed by atoms with Crippen LogP contribution in [0, 0.1) is 0 Å². The molecule has 0 spiro atoms. The van der Waals surface area contributed by atoms with Crippen LogP contribution in [0.25, 0.3) is 10.9 Å². The van der Waals surface area contributed by atoms with Gasteiger partial charge in [-0.25, -0.2) is 4.98 Å². The second-order valence-corrected chi connectivity index (χ2v) is 6.97. The first-order chi connectivity index (χ1) is 11.2. The lowest BCUT2D eigenvalue weighted by atomic mass is 9.95. The zero-order valence-corrected chi connectivity index (χ0v) is 13.8. The van der Waals surface area contributed by atoms with E-state index in [2.05, 4.69) is 15.3 Å². The Morgan fingerprint density at radius 3 is 2.87 bits per heavy atom. The summed E-state index contributed by atoms with van der Waals surface area (Å²) in [6.45, 7) is 0. The number of carbonyl (C=O) groups excluding carboxylic acids is 1. The van der Waals surface area contributed by atoms with Crippen molar-refractivity contribution in [2.45, 2.75) is 49.7 Å². The number of hydrogen-bond acceptors (Lipinski definition) is 4. The van der Waals surface area contributed by atoms with Crippen molar-refractivity contribution in [1.82, 2.24) is 15.3 Å². The van der Waals surface area contributed by atoms with Gasteiger partial charge in [-0.15, -0.1) is 0 Å². The number of benzene rings is 1. The number of amides is 1. The van der Waals surface area contributed by atoms with Crippen LogP contribution in [0.3, 0.4) is 0 Å². The van der Waals surface area contributed by atoms with E-state index in [0.717, 1.165) is 12.8 Å². The van der Waals surface area contributed by atoms with Crippen LogP contribution in [-0.2, 0) is 4.79 Å². The number of thioether (sulfide) groups is 1. The molecule has 1 amide bonds. The van der Waals surface area contributed by atoms with E-state index in [0.29, 0.717) is 34.3 Å². The van der Waals surface area contributed by atoms with Gasteiger partial charge in [0.1, 0.15) is 0 Å². The van der Waals surface area contributed by atoms with Gasteiger partial charge >= 0.3 is 0 Å². The highest BCUT2D eigenvalue weighted by Gasteiger charge is 2.15. The lowest BCUT2D eigenvalue weighted by Gasteiger charge is -2.22. The van der Waals surface area contributed by atoms with Crippen molar-refractivity contribution in [3.05, 3.63) is 34.6 Å². The van der Waals surface area contributed by atoms with E-state index in [-0.39, 0.29) is 11.5 Å². The molecule has 1 heterocycles. The van der Waals surface area contributed by atoms with Crippen LogP contribution in [0.5, 0.6) is 0 Å². The highest BCUT2D eigenvalue weighted by Crippen LogP contribution is 2.18. The van der Waals surface area contributed by atoms with Gasteiger partial charge in [0.05, 0.1) is 10.9 Å². The van der Waals surface area contributed by atoms with Crippen molar-refractivity contribution < 1.29 is 4.79 Å². The number of hydrogen-bond donors (Lipinski definition) is 2. The Bertz CT molecular complexity index is 738. The summed E-state index contributed by atoms with van der Waals surface area (Å²) in [6.07, 6.45) is 6.33. The third kappa shape index (κ3) is 4.34. The second kappa shape index (κ2) is 7.64. The maximum atomic E-state index is 12.0. The third-order valence-corrected chi connectivity index (χ3v) is 5.00. The normalized spacial score (nSPS) is 15.7. The molecule has 6 heteroatoms. The quantitative estimate of drug-likeness (QED) is 0.652. The van der Waals surface area contributed by atoms with E-state index in [4.69, 9.17) is 0 Å². The van der Waals surface area contributed by atoms with Gasteiger partial charge in [-0.05, 0) is 25.0 Å². The molecule has 1 aliphatic rings. The molecule has 0 aliphatic heterocycles. The SMILES string of the molecule is O=C(CCSc1nc2ccccc2c(=O)[nH]1)NC1CCCCC1. The minimum Gasteiger partial charge on any atom is -0.353 e. The van der Waals surface area contributed by atoms with Crippen molar-refractivity contribution in [1.29, 1.82) is 0 Å². The molecule has 1 saturated carbocycles. The highest BCUT2D eigenvalue weighted by molar-refractivity contribution is 7.99. The molecule has 1 fully saturated rings.